The first kappa shape index (κ1) is 35.9. The van der Waals surface area contributed by atoms with Crippen LogP contribution in [0.5, 0.6) is 5.75 Å². The Hall–Kier alpha value is -2.35. The number of nitrogens with one attached hydrogen (secondary N) is 2. The van der Waals surface area contributed by atoms with Gasteiger partial charge in [-0.25, -0.2) is 4.98 Å². The van der Waals surface area contributed by atoms with Crippen molar-refractivity contribution in [3.8, 4) is 5.75 Å². The first-order chi connectivity index (χ1) is 22.5. The van der Waals surface area contributed by atoms with Gasteiger partial charge in [0.2, 0.25) is 0 Å². The Labute approximate surface area is 286 Å². The molecule has 1 aromatic carbocycles. The van der Waals surface area contributed by atoms with E-state index in [1.807, 2.05) is 10.3 Å². The molecule has 2 saturated heterocycles. The van der Waals surface area contributed by atoms with Crippen molar-refractivity contribution in [1.82, 2.24) is 25.1 Å². The molecule has 4 N–H and O–H groups in total. The summed E-state index contributed by atoms with van der Waals surface area (Å²) in [7, 11) is 0. The molecule has 1 atom stereocenters. The minimum Gasteiger partial charge on any atom is -0.506 e. The highest BCUT2D eigenvalue weighted by Gasteiger charge is 2.41. The summed E-state index contributed by atoms with van der Waals surface area (Å²) in [5.74, 6) is 0.401. The number of aromatic amines is 1. The number of rotatable bonds is 15. The maximum atomic E-state index is 13.2. The minimum absolute atomic E-state index is 0.0222. The number of hydrogen-bond donors (Lipinski definition) is 4. The molecule has 260 valence electrons. The van der Waals surface area contributed by atoms with Gasteiger partial charge in [0.05, 0.1) is 34.6 Å². The molecule has 1 amide bonds. The van der Waals surface area contributed by atoms with Crippen molar-refractivity contribution >= 4 is 38.8 Å². The molecular weight excluding hydrogens is 635 g/mol. The molecule has 0 saturated carbocycles. The van der Waals surface area contributed by atoms with Gasteiger partial charge in [-0.05, 0) is 63.1 Å². The van der Waals surface area contributed by atoms with Crippen LogP contribution in [-0.2, 0) is 4.74 Å². The number of morpholine rings is 1. The summed E-state index contributed by atoms with van der Waals surface area (Å²) >= 11 is 2.59. The van der Waals surface area contributed by atoms with Crippen molar-refractivity contribution in [1.29, 1.82) is 0 Å². The van der Waals surface area contributed by atoms with Gasteiger partial charge < -0.3 is 35.1 Å². The van der Waals surface area contributed by atoms with E-state index in [1.165, 1.54) is 31.7 Å². The number of hydrogen-bond acceptors (Lipinski definition) is 10. The smallest absolute Gasteiger partial charge is 0.305 e. The van der Waals surface area contributed by atoms with Gasteiger partial charge in [-0.1, -0.05) is 57.9 Å². The summed E-state index contributed by atoms with van der Waals surface area (Å²) in [6.07, 6.45) is 8.20. The number of nitrogens with zero attached hydrogens (tertiary/aromatic N) is 3. The van der Waals surface area contributed by atoms with Crippen LogP contribution in [0.25, 0.3) is 10.2 Å². The summed E-state index contributed by atoms with van der Waals surface area (Å²) in [4.78, 5) is 36.5. The Morgan fingerprint density at radius 1 is 1.15 bits per heavy atom. The summed E-state index contributed by atoms with van der Waals surface area (Å²) in [6.45, 7) is 15.2. The molecule has 10 nitrogen and oxygen atoms in total. The van der Waals surface area contributed by atoms with E-state index in [0.29, 0.717) is 53.6 Å². The van der Waals surface area contributed by atoms with E-state index in [-0.39, 0.29) is 27.5 Å². The summed E-state index contributed by atoms with van der Waals surface area (Å²) in [5.41, 5.74) is 1.68. The van der Waals surface area contributed by atoms with Gasteiger partial charge in [-0.2, -0.15) is 0 Å². The third-order valence-electron chi connectivity index (χ3n) is 9.86. The summed E-state index contributed by atoms with van der Waals surface area (Å²) in [6, 6.07) is 3.21. The second kappa shape index (κ2) is 15.9. The first-order valence-electron chi connectivity index (χ1n) is 17.3. The number of aliphatic hydroxyl groups excluding tert-OH is 1. The Balaban J connectivity index is 0.935. The largest absolute Gasteiger partial charge is 0.506 e. The van der Waals surface area contributed by atoms with Gasteiger partial charge in [0.1, 0.15) is 17.0 Å². The van der Waals surface area contributed by atoms with Crippen LogP contribution in [0, 0.1) is 5.41 Å². The van der Waals surface area contributed by atoms with Gasteiger partial charge in [0.15, 0.2) is 0 Å². The van der Waals surface area contributed by atoms with Crippen LogP contribution < -0.4 is 10.2 Å². The average Bonchev–Trinajstić information content (AvgIpc) is 3.69. The van der Waals surface area contributed by atoms with Crippen molar-refractivity contribution in [2.24, 2.45) is 5.41 Å². The number of unbranched alkanes of at least 4 members (excludes halogenated alkanes) is 2. The summed E-state index contributed by atoms with van der Waals surface area (Å²) in [5, 5.41) is 27.0. The molecule has 0 bridgehead atoms. The third kappa shape index (κ3) is 9.42. The Morgan fingerprint density at radius 2 is 1.91 bits per heavy atom. The number of phenols is 1. The molecular formula is C35H53N5O5S2. The molecule has 47 heavy (non-hydrogen) atoms. The van der Waals surface area contributed by atoms with Gasteiger partial charge in [-0.3, -0.25) is 9.59 Å². The highest BCUT2D eigenvalue weighted by atomic mass is 32.1. The fourth-order valence-electron chi connectivity index (χ4n) is 6.90. The molecule has 2 aliphatic heterocycles. The van der Waals surface area contributed by atoms with Crippen LogP contribution in [0.4, 0.5) is 0 Å². The second-order valence-corrected chi connectivity index (χ2v) is 16.4. The quantitative estimate of drug-likeness (QED) is 0.146. The molecule has 2 aromatic heterocycles. The van der Waals surface area contributed by atoms with Crippen LogP contribution in [0.15, 0.2) is 22.3 Å². The Bertz CT molecular complexity index is 1520. The predicted molar refractivity (Wildman–Crippen MR) is 190 cm³/mol. The maximum Gasteiger partial charge on any atom is 0.305 e. The SMILES string of the molecule is CC(C)c1nc(C(=O)N2CCOC3(CCN(CCCCCC(C)(C)CCCNC[C@H](O)c4ccc(O)c5[nH]c(=O)sc45)CC3)C2)cs1. The number of benzene rings is 1. The number of carbonyl (C=O) groups is 1. The molecule has 2 fully saturated rings. The monoisotopic (exact) mass is 687 g/mol. The van der Waals surface area contributed by atoms with Crippen molar-refractivity contribution in [2.75, 3.05) is 52.4 Å². The molecule has 0 unspecified atom stereocenters. The van der Waals surface area contributed by atoms with E-state index in [0.717, 1.165) is 68.2 Å². The molecule has 1 spiro atoms. The molecule has 5 rings (SSSR count). The second-order valence-electron chi connectivity index (χ2n) is 14.5. The molecule has 0 radical (unpaired) electrons. The number of phenolic OH excluding ortho intramolecular Hbond substituents is 1. The maximum absolute atomic E-state index is 13.2. The lowest BCUT2D eigenvalue weighted by Crippen LogP contribution is -2.58. The van der Waals surface area contributed by atoms with E-state index in [2.05, 4.69) is 47.9 Å². The van der Waals surface area contributed by atoms with Crippen LogP contribution in [0.1, 0.15) is 112 Å². The van der Waals surface area contributed by atoms with Crippen LogP contribution in [0.3, 0.4) is 0 Å². The Kier molecular flexibility index (Phi) is 12.2. The number of H-pyrrole nitrogens is 1. The number of fused-ring (bicyclic) bond motifs is 1. The topological polar surface area (TPSA) is 131 Å². The van der Waals surface area contributed by atoms with Gasteiger partial charge >= 0.3 is 4.87 Å². The van der Waals surface area contributed by atoms with Gasteiger partial charge in [0.25, 0.3) is 5.91 Å². The minimum atomic E-state index is -0.746. The van der Waals surface area contributed by atoms with Crippen LogP contribution in [-0.4, -0.2) is 93.9 Å². The van der Waals surface area contributed by atoms with Crippen molar-refractivity contribution in [3.05, 3.63) is 43.4 Å². The number of aromatic hydroxyl groups is 1. The third-order valence-corrected chi connectivity index (χ3v) is 11.9. The Morgan fingerprint density at radius 3 is 2.66 bits per heavy atom. The zero-order chi connectivity index (χ0) is 33.6. The van der Waals surface area contributed by atoms with E-state index >= 15 is 0 Å². The highest BCUT2D eigenvalue weighted by molar-refractivity contribution is 7.16. The number of aliphatic hydroxyl groups is 1. The highest BCUT2D eigenvalue weighted by Crippen LogP contribution is 2.33. The standard InChI is InChI=1S/C35H53N5O5S2/c1-24(2)31-37-26(22-46-31)32(43)40-19-20-45-35(23-40)13-17-39(18-14-35)16-7-5-6-11-34(3,4)12-8-15-36-21-28(42)25-9-10-27(41)29-30(25)47-33(44)38-29/h9-10,22,24,28,36,41-42H,5-8,11-21,23H2,1-4H3,(H,38,44)/t28-/m0/s1. The van der Waals surface area contributed by atoms with Crippen molar-refractivity contribution in [3.63, 3.8) is 0 Å². The lowest BCUT2D eigenvalue weighted by Gasteiger charge is -2.47. The lowest BCUT2D eigenvalue weighted by molar-refractivity contribution is -0.127. The molecule has 3 aromatic rings. The zero-order valence-corrected chi connectivity index (χ0v) is 30.1. The number of thiazole rings is 2. The van der Waals surface area contributed by atoms with E-state index in [1.54, 1.807) is 17.4 Å². The first-order valence-corrected chi connectivity index (χ1v) is 19.0. The number of aromatic nitrogens is 2. The number of piperidine rings is 1. The van der Waals surface area contributed by atoms with Gasteiger partial charge in [-0.15, -0.1) is 11.3 Å². The number of carbonyl (C=O) groups excluding carboxylic acids is 1. The van der Waals surface area contributed by atoms with Crippen molar-refractivity contribution in [2.45, 2.75) is 96.7 Å². The predicted octanol–water partition coefficient (Wildman–Crippen LogP) is 5.87. The molecule has 2 aliphatic rings. The average molecular weight is 688 g/mol. The normalized spacial score (nSPS) is 18.0. The van der Waals surface area contributed by atoms with Gasteiger partial charge in [0, 0.05) is 43.0 Å². The number of likely N-dealkylation sites (tertiary alicyclic amines) is 1. The fraction of sp³-hybridized carbons (Fsp3) is 0.686. The molecule has 0 aliphatic carbocycles. The van der Waals surface area contributed by atoms with Crippen LogP contribution >= 0.6 is 22.7 Å². The molecule has 12 heteroatoms. The van der Waals surface area contributed by atoms with Crippen LogP contribution in [0.2, 0.25) is 0 Å². The van der Waals surface area contributed by atoms with Crippen molar-refractivity contribution < 1.29 is 19.7 Å². The van der Waals surface area contributed by atoms with E-state index in [9.17, 15) is 19.8 Å². The van der Waals surface area contributed by atoms with E-state index < -0.39 is 6.10 Å². The lowest BCUT2D eigenvalue weighted by atomic mass is 9.82. The number of amides is 1. The summed E-state index contributed by atoms with van der Waals surface area (Å²) < 4.78 is 6.93. The van der Waals surface area contributed by atoms with E-state index in [4.69, 9.17) is 4.74 Å². The molecule has 4 heterocycles. The number of ether oxygens (including phenoxy) is 1. The zero-order valence-electron chi connectivity index (χ0n) is 28.5. The fourth-order valence-corrected chi connectivity index (χ4v) is 8.63.